The third-order valence-electron chi connectivity index (χ3n) is 1.44. The average Bonchev–Trinajstić information content (AvgIpc) is 2.02. The molecule has 7 heteroatoms. The number of alkyl halides is 2. The number of pyridine rings is 1. The van der Waals surface area contributed by atoms with Crippen molar-refractivity contribution in [3.8, 4) is 5.75 Å². The molecule has 0 amide bonds. The summed E-state index contributed by atoms with van der Waals surface area (Å²) in [5.41, 5.74) is -1.47. The Labute approximate surface area is 87.3 Å². The van der Waals surface area contributed by atoms with Gasteiger partial charge in [-0.25, -0.2) is 13.8 Å². The van der Waals surface area contributed by atoms with Gasteiger partial charge in [-0.05, 0) is 11.6 Å². The Hall–Kier alpha value is -0.940. The molecule has 3 nitrogen and oxygen atoms in total. The van der Waals surface area contributed by atoms with Crippen LogP contribution in [0.1, 0.15) is 22.5 Å². The molecule has 1 aromatic rings. The van der Waals surface area contributed by atoms with Crippen molar-refractivity contribution in [3.63, 3.8) is 0 Å². The fraction of sp³-hybridized carbons (Fsp3) is 0.143. The topological polar surface area (TPSA) is 50.2 Å². The summed E-state index contributed by atoms with van der Waals surface area (Å²) in [5.74, 6) is -0.979. The minimum atomic E-state index is -3.00. The first kappa shape index (κ1) is 11.1. The van der Waals surface area contributed by atoms with E-state index in [0.717, 1.165) is 6.20 Å². The van der Waals surface area contributed by atoms with E-state index in [0.29, 0.717) is 0 Å². The maximum Gasteiger partial charge on any atom is 0.284 e. The predicted octanol–water partition coefficient (Wildman–Crippen LogP) is 2.76. The van der Waals surface area contributed by atoms with Crippen molar-refractivity contribution in [2.24, 2.45) is 0 Å². The highest BCUT2D eigenvalue weighted by molar-refractivity contribution is 6.69. The quantitative estimate of drug-likeness (QED) is 0.811. The summed E-state index contributed by atoms with van der Waals surface area (Å²) >= 11 is 10.5. The molecule has 1 N–H and O–H groups in total. The Morgan fingerprint density at radius 2 is 2.14 bits per heavy atom. The largest absolute Gasteiger partial charge is 0.505 e. The van der Waals surface area contributed by atoms with Gasteiger partial charge < -0.3 is 5.11 Å². The lowest BCUT2D eigenvalue weighted by Gasteiger charge is -2.06. The molecule has 0 aliphatic heterocycles. The molecule has 0 fully saturated rings. The van der Waals surface area contributed by atoms with E-state index in [9.17, 15) is 18.7 Å². The minimum Gasteiger partial charge on any atom is -0.505 e. The molecule has 0 aromatic carbocycles. The molecular weight excluding hydrogens is 239 g/mol. The number of carbonyl (C=O) groups excluding carboxylic acids is 1. The Bertz CT molecular complexity index is 384. The molecule has 0 saturated carbocycles. The second-order valence-electron chi connectivity index (χ2n) is 2.29. The molecule has 0 atom stereocenters. The van der Waals surface area contributed by atoms with Gasteiger partial charge in [0.1, 0.15) is 5.69 Å². The van der Waals surface area contributed by atoms with Crippen LogP contribution in [-0.2, 0) is 0 Å². The third kappa shape index (κ3) is 1.93. The van der Waals surface area contributed by atoms with E-state index >= 15 is 0 Å². The summed E-state index contributed by atoms with van der Waals surface area (Å²) in [5, 5.41) is 7.79. The van der Waals surface area contributed by atoms with Gasteiger partial charge >= 0.3 is 0 Å². The van der Waals surface area contributed by atoms with E-state index in [2.05, 4.69) is 4.98 Å². The van der Waals surface area contributed by atoms with Crippen molar-refractivity contribution in [1.82, 2.24) is 4.98 Å². The van der Waals surface area contributed by atoms with E-state index < -0.39 is 28.7 Å². The summed E-state index contributed by atoms with van der Waals surface area (Å²) in [6.07, 6.45) is -2.17. The van der Waals surface area contributed by atoms with E-state index in [1.165, 1.54) is 0 Å². The summed E-state index contributed by atoms with van der Waals surface area (Å²) < 4.78 is 24.4. The zero-order valence-electron chi connectivity index (χ0n) is 6.47. The molecule has 0 saturated heterocycles. The lowest BCUT2D eigenvalue weighted by molar-refractivity contribution is 0.107. The lowest BCUT2D eigenvalue weighted by Crippen LogP contribution is -1.99. The SMILES string of the molecule is O=C(Cl)c1c(Cl)cnc(C(F)F)c1O. The van der Waals surface area contributed by atoms with Crippen LogP contribution in [0.2, 0.25) is 5.02 Å². The van der Waals surface area contributed by atoms with Crippen molar-refractivity contribution in [2.75, 3.05) is 0 Å². The normalized spacial score (nSPS) is 10.6. The molecule has 14 heavy (non-hydrogen) atoms. The number of halogens is 4. The molecule has 0 aliphatic rings. The number of nitrogens with zero attached hydrogens (tertiary/aromatic N) is 1. The van der Waals surface area contributed by atoms with Crippen LogP contribution in [0.4, 0.5) is 8.78 Å². The summed E-state index contributed by atoms with van der Waals surface area (Å²) in [7, 11) is 0. The Balaban J connectivity index is 3.41. The molecule has 0 bridgehead atoms. The number of aromatic hydroxyl groups is 1. The van der Waals surface area contributed by atoms with Crippen LogP contribution in [-0.4, -0.2) is 15.3 Å². The van der Waals surface area contributed by atoms with Gasteiger partial charge in [-0.15, -0.1) is 0 Å². The second-order valence-corrected chi connectivity index (χ2v) is 3.04. The van der Waals surface area contributed by atoms with Crippen LogP contribution in [0, 0.1) is 0 Å². The van der Waals surface area contributed by atoms with Crippen LogP contribution in [0.25, 0.3) is 0 Å². The summed E-state index contributed by atoms with van der Waals surface area (Å²) in [4.78, 5) is 13.9. The van der Waals surface area contributed by atoms with Crippen LogP contribution >= 0.6 is 23.2 Å². The minimum absolute atomic E-state index is 0.271. The van der Waals surface area contributed by atoms with Gasteiger partial charge in [0.05, 0.1) is 10.6 Å². The first-order chi connectivity index (χ1) is 6.45. The third-order valence-corrected chi connectivity index (χ3v) is 1.91. The standard InChI is InChI=1S/C7H3Cl2F2NO2/c8-2-1-12-4(7(10)11)5(13)3(2)6(9)14/h1,7,13H. The van der Waals surface area contributed by atoms with Gasteiger partial charge in [0, 0.05) is 6.20 Å². The predicted molar refractivity (Wildman–Crippen MR) is 46.1 cm³/mol. The molecule has 76 valence electrons. The zero-order valence-corrected chi connectivity index (χ0v) is 7.98. The van der Waals surface area contributed by atoms with Crippen molar-refractivity contribution < 1.29 is 18.7 Å². The molecule has 0 unspecified atom stereocenters. The molecule has 0 aliphatic carbocycles. The fourth-order valence-corrected chi connectivity index (χ4v) is 1.30. The molecular formula is C7H3Cl2F2NO2. The van der Waals surface area contributed by atoms with Crippen molar-refractivity contribution in [3.05, 3.63) is 22.5 Å². The highest BCUT2D eigenvalue weighted by atomic mass is 35.5. The lowest BCUT2D eigenvalue weighted by atomic mass is 10.2. The van der Waals surface area contributed by atoms with Gasteiger partial charge in [0.25, 0.3) is 11.7 Å². The smallest absolute Gasteiger partial charge is 0.284 e. The second kappa shape index (κ2) is 4.06. The number of carbonyl (C=O) groups is 1. The van der Waals surface area contributed by atoms with Gasteiger partial charge in [0.15, 0.2) is 5.75 Å². The molecule has 0 spiro atoms. The Morgan fingerprint density at radius 3 is 2.57 bits per heavy atom. The number of aromatic nitrogens is 1. The van der Waals surface area contributed by atoms with E-state index in [1.807, 2.05) is 0 Å². The molecule has 1 heterocycles. The van der Waals surface area contributed by atoms with Gasteiger partial charge in [-0.3, -0.25) is 4.79 Å². The van der Waals surface area contributed by atoms with E-state index in [1.54, 1.807) is 0 Å². The van der Waals surface area contributed by atoms with Crippen LogP contribution in [0.3, 0.4) is 0 Å². The van der Waals surface area contributed by atoms with E-state index in [-0.39, 0.29) is 5.02 Å². The highest BCUT2D eigenvalue weighted by Gasteiger charge is 2.23. The first-order valence-electron chi connectivity index (χ1n) is 3.30. The van der Waals surface area contributed by atoms with Gasteiger partial charge in [-0.1, -0.05) is 11.6 Å². The molecule has 1 aromatic heterocycles. The monoisotopic (exact) mass is 241 g/mol. The number of hydrogen-bond donors (Lipinski definition) is 1. The number of rotatable bonds is 2. The maximum absolute atomic E-state index is 12.2. The first-order valence-corrected chi connectivity index (χ1v) is 4.06. The fourth-order valence-electron chi connectivity index (χ4n) is 0.840. The summed E-state index contributed by atoms with van der Waals surface area (Å²) in [6.45, 7) is 0. The van der Waals surface area contributed by atoms with Crippen LogP contribution in [0.5, 0.6) is 5.75 Å². The van der Waals surface area contributed by atoms with Crippen LogP contribution < -0.4 is 0 Å². The molecule has 0 radical (unpaired) electrons. The van der Waals surface area contributed by atoms with Crippen molar-refractivity contribution >= 4 is 28.4 Å². The van der Waals surface area contributed by atoms with Crippen molar-refractivity contribution in [2.45, 2.75) is 6.43 Å². The van der Waals surface area contributed by atoms with Crippen molar-refractivity contribution in [1.29, 1.82) is 0 Å². The van der Waals surface area contributed by atoms with E-state index in [4.69, 9.17) is 23.2 Å². The van der Waals surface area contributed by atoms with Gasteiger partial charge in [0.2, 0.25) is 0 Å². The summed E-state index contributed by atoms with van der Waals surface area (Å²) in [6, 6.07) is 0. The Kier molecular flexibility index (Phi) is 3.23. The average molecular weight is 242 g/mol. The highest BCUT2D eigenvalue weighted by Crippen LogP contribution is 2.33. The maximum atomic E-state index is 12.2. The van der Waals surface area contributed by atoms with Crippen LogP contribution in [0.15, 0.2) is 6.20 Å². The number of hydrogen-bond acceptors (Lipinski definition) is 3. The molecule has 1 rings (SSSR count). The zero-order chi connectivity index (χ0) is 10.9. The Morgan fingerprint density at radius 1 is 1.57 bits per heavy atom. The van der Waals surface area contributed by atoms with Gasteiger partial charge in [-0.2, -0.15) is 0 Å².